The number of carbonyl (C=O) groups excluding carboxylic acids is 1. The van der Waals surface area contributed by atoms with E-state index in [9.17, 15) is 4.79 Å². The van der Waals surface area contributed by atoms with Crippen molar-refractivity contribution < 1.29 is 14.3 Å². The van der Waals surface area contributed by atoms with E-state index in [-0.39, 0.29) is 17.6 Å². The average Bonchev–Trinajstić information content (AvgIpc) is 2.59. The maximum absolute atomic E-state index is 11.3. The fourth-order valence-corrected chi connectivity index (χ4v) is 1.78. The summed E-state index contributed by atoms with van der Waals surface area (Å²) in [6.45, 7) is 5.56. The quantitative estimate of drug-likeness (QED) is 0.791. The Kier molecular flexibility index (Phi) is 2.89. The number of hydrogen-bond donors (Lipinski definition) is 1. The molecular formula is C12H16N2O3. The van der Waals surface area contributed by atoms with E-state index in [0.29, 0.717) is 18.0 Å². The Bertz CT molecular complexity index is 457. The van der Waals surface area contributed by atoms with Crippen LogP contribution in [0.15, 0.2) is 12.1 Å². The summed E-state index contributed by atoms with van der Waals surface area (Å²) in [6, 6.07) is 3.44. The van der Waals surface area contributed by atoms with Crippen molar-refractivity contribution in [1.29, 1.82) is 0 Å². The van der Waals surface area contributed by atoms with Gasteiger partial charge in [0.1, 0.15) is 11.8 Å². The number of ketones is 1. The van der Waals surface area contributed by atoms with Crippen LogP contribution in [0.3, 0.4) is 0 Å². The maximum Gasteiger partial charge on any atom is 0.180 e. The zero-order valence-electron chi connectivity index (χ0n) is 10.2. The van der Waals surface area contributed by atoms with Crippen LogP contribution in [-0.2, 0) is 9.47 Å². The first-order chi connectivity index (χ1) is 7.89. The molecule has 17 heavy (non-hydrogen) atoms. The summed E-state index contributed by atoms with van der Waals surface area (Å²) < 4.78 is 11.1. The second-order valence-corrected chi connectivity index (χ2v) is 4.55. The van der Waals surface area contributed by atoms with Crippen molar-refractivity contribution in [2.45, 2.75) is 32.7 Å². The molecule has 5 heteroatoms. The van der Waals surface area contributed by atoms with Crippen LogP contribution in [0.5, 0.6) is 0 Å². The Morgan fingerprint density at radius 3 is 2.76 bits per heavy atom. The number of nitrogens with two attached hydrogens (primary N) is 1. The summed E-state index contributed by atoms with van der Waals surface area (Å²) in [5, 5.41) is 0. The van der Waals surface area contributed by atoms with Crippen molar-refractivity contribution in [3.63, 3.8) is 0 Å². The molecule has 0 spiro atoms. The van der Waals surface area contributed by atoms with Crippen molar-refractivity contribution in [3.05, 3.63) is 23.5 Å². The highest BCUT2D eigenvalue weighted by molar-refractivity contribution is 5.96. The predicted octanol–water partition coefficient (Wildman–Crippen LogP) is 1.69. The molecule has 0 aromatic carbocycles. The van der Waals surface area contributed by atoms with Gasteiger partial charge in [0.2, 0.25) is 0 Å². The Labute approximate surface area is 99.9 Å². The van der Waals surface area contributed by atoms with E-state index in [0.717, 1.165) is 0 Å². The fraction of sp³-hybridized carbons (Fsp3) is 0.500. The van der Waals surface area contributed by atoms with Crippen molar-refractivity contribution in [2.24, 2.45) is 0 Å². The lowest BCUT2D eigenvalue weighted by Crippen LogP contribution is -2.20. The molecule has 1 aromatic rings. The number of carbonyl (C=O) groups is 1. The monoisotopic (exact) mass is 236 g/mol. The van der Waals surface area contributed by atoms with Gasteiger partial charge in [0.15, 0.2) is 11.6 Å². The summed E-state index contributed by atoms with van der Waals surface area (Å²) in [7, 11) is 0. The van der Waals surface area contributed by atoms with E-state index >= 15 is 0 Å². The van der Waals surface area contributed by atoms with Gasteiger partial charge in [0, 0.05) is 6.92 Å². The average molecular weight is 236 g/mol. The minimum absolute atomic E-state index is 0.150. The zero-order valence-corrected chi connectivity index (χ0v) is 10.2. The molecule has 0 radical (unpaired) electrons. The molecule has 2 rings (SSSR count). The highest BCUT2D eigenvalue weighted by Crippen LogP contribution is 2.32. The molecule has 5 nitrogen and oxygen atoms in total. The predicted molar refractivity (Wildman–Crippen MR) is 62.5 cm³/mol. The van der Waals surface area contributed by atoms with Crippen molar-refractivity contribution in [3.8, 4) is 0 Å². The van der Waals surface area contributed by atoms with Gasteiger partial charge in [-0.05, 0) is 26.0 Å². The van der Waals surface area contributed by atoms with Crippen LogP contribution in [0.25, 0.3) is 0 Å². The number of rotatable bonds is 2. The van der Waals surface area contributed by atoms with E-state index in [1.54, 1.807) is 12.1 Å². The number of nitrogens with zero attached hydrogens (tertiary/aromatic N) is 1. The van der Waals surface area contributed by atoms with Crippen LogP contribution in [0.4, 0.5) is 5.69 Å². The Hall–Kier alpha value is -1.46. The standard InChI is InChI=1S/C12H16N2O3/c1-7(15)11-8(13)4-5-9(14-11)10-6-16-12(2,3)17-10/h4-5,10H,6,13H2,1-3H3. The van der Waals surface area contributed by atoms with Crippen molar-refractivity contribution >= 4 is 11.5 Å². The Balaban J connectivity index is 2.29. The van der Waals surface area contributed by atoms with Gasteiger partial charge < -0.3 is 15.2 Å². The molecule has 92 valence electrons. The third-order valence-corrected chi connectivity index (χ3v) is 2.62. The van der Waals surface area contributed by atoms with Gasteiger partial charge in [-0.1, -0.05) is 0 Å². The number of pyridine rings is 1. The third kappa shape index (κ3) is 2.45. The molecule has 1 saturated heterocycles. The fourth-order valence-electron chi connectivity index (χ4n) is 1.78. The minimum Gasteiger partial charge on any atom is -0.397 e. The molecule has 1 aliphatic heterocycles. The molecule has 1 fully saturated rings. The Morgan fingerprint density at radius 1 is 1.53 bits per heavy atom. The number of anilines is 1. The van der Waals surface area contributed by atoms with Gasteiger partial charge in [-0.2, -0.15) is 0 Å². The summed E-state index contributed by atoms with van der Waals surface area (Å²) in [5.74, 6) is -0.757. The van der Waals surface area contributed by atoms with Crippen molar-refractivity contribution in [2.75, 3.05) is 12.3 Å². The minimum atomic E-state index is -0.607. The molecule has 1 unspecified atom stereocenters. The first-order valence-electron chi connectivity index (χ1n) is 5.48. The van der Waals surface area contributed by atoms with E-state index < -0.39 is 5.79 Å². The summed E-state index contributed by atoms with van der Waals surface area (Å²) in [6.07, 6.45) is -0.247. The summed E-state index contributed by atoms with van der Waals surface area (Å²) in [4.78, 5) is 15.6. The summed E-state index contributed by atoms with van der Waals surface area (Å²) >= 11 is 0. The molecule has 1 atom stereocenters. The molecule has 1 aromatic heterocycles. The SMILES string of the molecule is CC(=O)c1nc(C2COC(C)(C)O2)ccc1N. The molecular weight excluding hydrogens is 220 g/mol. The Morgan fingerprint density at radius 2 is 2.24 bits per heavy atom. The van der Waals surface area contributed by atoms with Crippen LogP contribution < -0.4 is 5.73 Å². The molecule has 0 bridgehead atoms. The maximum atomic E-state index is 11.3. The molecule has 2 heterocycles. The highest BCUT2D eigenvalue weighted by atomic mass is 16.7. The number of Topliss-reactive ketones (excluding diaryl/α,β-unsaturated/α-hetero) is 1. The van der Waals surface area contributed by atoms with E-state index in [1.807, 2.05) is 13.8 Å². The number of nitrogen functional groups attached to an aromatic ring is 1. The van der Waals surface area contributed by atoms with E-state index in [4.69, 9.17) is 15.2 Å². The van der Waals surface area contributed by atoms with Crippen molar-refractivity contribution in [1.82, 2.24) is 4.98 Å². The third-order valence-electron chi connectivity index (χ3n) is 2.62. The lowest BCUT2D eigenvalue weighted by molar-refractivity contribution is -0.139. The van der Waals surface area contributed by atoms with Gasteiger partial charge >= 0.3 is 0 Å². The molecule has 0 saturated carbocycles. The largest absolute Gasteiger partial charge is 0.397 e. The van der Waals surface area contributed by atoms with Gasteiger partial charge in [0.05, 0.1) is 18.0 Å². The lowest BCUT2D eigenvalue weighted by Gasteiger charge is -2.17. The molecule has 1 aliphatic rings. The van der Waals surface area contributed by atoms with Gasteiger partial charge in [0.25, 0.3) is 0 Å². The van der Waals surface area contributed by atoms with Gasteiger partial charge in [-0.15, -0.1) is 0 Å². The molecule has 0 aliphatic carbocycles. The van der Waals surface area contributed by atoms with E-state index in [1.165, 1.54) is 6.92 Å². The normalized spacial score (nSPS) is 22.6. The number of aromatic nitrogens is 1. The second-order valence-electron chi connectivity index (χ2n) is 4.55. The van der Waals surface area contributed by atoms with Crippen LogP contribution >= 0.6 is 0 Å². The highest BCUT2D eigenvalue weighted by Gasteiger charge is 2.34. The molecule has 2 N–H and O–H groups in total. The van der Waals surface area contributed by atoms with Crippen LogP contribution in [-0.4, -0.2) is 23.2 Å². The zero-order chi connectivity index (χ0) is 12.6. The number of hydrogen-bond acceptors (Lipinski definition) is 5. The van der Waals surface area contributed by atoms with Crippen LogP contribution in [0.1, 0.15) is 43.1 Å². The van der Waals surface area contributed by atoms with Gasteiger partial charge in [-0.3, -0.25) is 4.79 Å². The molecule has 0 amide bonds. The van der Waals surface area contributed by atoms with Crippen LogP contribution in [0.2, 0.25) is 0 Å². The lowest BCUT2D eigenvalue weighted by atomic mass is 10.1. The smallest absolute Gasteiger partial charge is 0.180 e. The topological polar surface area (TPSA) is 74.4 Å². The van der Waals surface area contributed by atoms with E-state index in [2.05, 4.69) is 4.98 Å². The summed E-state index contributed by atoms with van der Waals surface area (Å²) in [5.41, 5.74) is 7.04. The number of ether oxygens (including phenoxy) is 2. The first-order valence-corrected chi connectivity index (χ1v) is 5.48. The van der Waals surface area contributed by atoms with Gasteiger partial charge in [-0.25, -0.2) is 4.98 Å². The second kappa shape index (κ2) is 4.09. The van der Waals surface area contributed by atoms with Crippen LogP contribution in [0, 0.1) is 0 Å². The first kappa shape index (κ1) is 12.0.